The number of anilines is 1. The van der Waals surface area contributed by atoms with Crippen LogP contribution in [0.5, 0.6) is 5.75 Å². The number of hydrogen-bond acceptors (Lipinski definition) is 6. The largest absolute Gasteiger partial charge is 0.494 e. The van der Waals surface area contributed by atoms with Crippen LogP contribution in [0.25, 0.3) is 5.57 Å². The molecule has 0 unspecified atom stereocenters. The molecular weight excluding hydrogens is 418 g/mol. The van der Waals surface area contributed by atoms with E-state index in [0.717, 1.165) is 29.8 Å². The van der Waals surface area contributed by atoms with E-state index >= 15 is 0 Å². The second kappa shape index (κ2) is 9.77. The summed E-state index contributed by atoms with van der Waals surface area (Å²) in [6.45, 7) is 9.88. The van der Waals surface area contributed by atoms with Crippen LogP contribution in [0.2, 0.25) is 0 Å². The zero-order valence-corrected chi connectivity index (χ0v) is 19.5. The Morgan fingerprint density at radius 1 is 0.939 bits per heavy atom. The van der Waals surface area contributed by atoms with Crippen molar-refractivity contribution in [2.75, 3.05) is 50.8 Å². The molecule has 0 atom stereocenters. The third-order valence-electron chi connectivity index (χ3n) is 6.22. The number of benzene rings is 2. The number of carbonyl (C=O) groups excluding carboxylic acids is 2. The van der Waals surface area contributed by atoms with Crippen LogP contribution < -0.4 is 9.64 Å². The number of aryl methyl sites for hydroxylation is 2. The fourth-order valence-corrected chi connectivity index (χ4v) is 4.58. The van der Waals surface area contributed by atoms with E-state index in [1.165, 1.54) is 4.90 Å². The first kappa shape index (κ1) is 23.0. The zero-order chi connectivity index (χ0) is 23.5. The quantitative estimate of drug-likeness (QED) is 0.655. The minimum absolute atomic E-state index is 0.111. The number of aliphatic hydroxyl groups is 1. The highest BCUT2D eigenvalue weighted by Crippen LogP contribution is 2.37. The minimum Gasteiger partial charge on any atom is -0.494 e. The minimum atomic E-state index is -0.302. The van der Waals surface area contributed by atoms with Gasteiger partial charge in [0.15, 0.2) is 0 Å². The van der Waals surface area contributed by atoms with Crippen LogP contribution in [0.3, 0.4) is 0 Å². The highest BCUT2D eigenvalue weighted by atomic mass is 16.5. The highest BCUT2D eigenvalue weighted by Gasteiger charge is 2.43. The molecule has 0 radical (unpaired) electrons. The highest BCUT2D eigenvalue weighted by molar-refractivity contribution is 6.45. The Morgan fingerprint density at radius 3 is 2.24 bits per heavy atom. The van der Waals surface area contributed by atoms with Crippen LogP contribution >= 0.6 is 0 Å². The monoisotopic (exact) mass is 449 g/mol. The summed E-state index contributed by atoms with van der Waals surface area (Å²) in [5, 5.41) is 9.25. The van der Waals surface area contributed by atoms with E-state index in [1.807, 2.05) is 43.9 Å². The number of ether oxygens (including phenoxy) is 1. The Balaban J connectivity index is 1.73. The predicted octanol–water partition coefficient (Wildman–Crippen LogP) is 2.60. The van der Waals surface area contributed by atoms with E-state index in [4.69, 9.17) is 4.74 Å². The van der Waals surface area contributed by atoms with Gasteiger partial charge in [0.2, 0.25) is 0 Å². The number of amides is 2. The number of rotatable bonds is 7. The average Bonchev–Trinajstić information content (AvgIpc) is 3.05. The molecule has 2 aromatic rings. The summed E-state index contributed by atoms with van der Waals surface area (Å²) in [5.41, 5.74) is 4.32. The molecule has 0 spiro atoms. The SMILES string of the molecule is CCOc1ccc(N2C(=O)C(c3ccc(C)cc3C)=C(N3CCN(CCO)CC3)C2=O)cc1. The molecule has 174 valence electrons. The van der Waals surface area contributed by atoms with Gasteiger partial charge in [-0.3, -0.25) is 14.5 Å². The summed E-state index contributed by atoms with van der Waals surface area (Å²) in [6.07, 6.45) is 0. The maximum atomic E-state index is 13.7. The molecule has 2 aromatic carbocycles. The van der Waals surface area contributed by atoms with E-state index in [9.17, 15) is 14.7 Å². The van der Waals surface area contributed by atoms with Gasteiger partial charge in [-0.15, -0.1) is 0 Å². The fraction of sp³-hybridized carbons (Fsp3) is 0.385. The van der Waals surface area contributed by atoms with Gasteiger partial charge in [0.05, 0.1) is 24.5 Å². The third kappa shape index (κ3) is 4.51. The van der Waals surface area contributed by atoms with Crippen molar-refractivity contribution in [3.05, 3.63) is 64.9 Å². The molecule has 0 aliphatic carbocycles. The van der Waals surface area contributed by atoms with Crippen molar-refractivity contribution < 1.29 is 19.4 Å². The molecule has 0 saturated carbocycles. The lowest BCUT2D eigenvalue weighted by Crippen LogP contribution is -2.48. The van der Waals surface area contributed by atoms with Gasteiger partial charge in [-0.1, -0.05) is 23.8 Å². The lowest BCUT2D eigenvalue weighted by Gasteiger charge is -2.36. The van der Waals surface area contributed by atoms with Crippen molar-refractivity contribution in [1.29, 1.82) is 0 Å². The molecule has 1 fully saturated rings. The number of hydrogen-bond donors (Lipinski definition) is 1. The molecule has 2 amide bonds. The van der Waals surface area contributed by atoms with E-state index in [1.54, 1.807) is 24.3 Å². The van der Waals surface area contributed by atoms with Crippen LogP contribution in [-0.2, 0) is 9.59 Å². The Hall–Kier alpha value is -3.16. The molecule has 1 N–H and O–H groups in total. The summed E-state index contributed by atoms with van der Waals surface area (Å²) in [4.78, 5) is 32.9. The van der Waals surface area contributed by atoms with Crippen molar-refractivity contribution in [3.8, 4) is 5.75 Å². The summed E-state index contributed by atoms with van der Waals surface area (Å²) >= 11 is 0. The zero-order valence-electron chi connectivity index (χ0n) is 19.5. The topological polar surface area (TPSA) is 73.3 Å². The standard InChI is InChI=1S/C26H31N3O4/c1-4-33-21-8-6-20(7-9-21)29-25(31)23(22-10-5-18(2)17-19(22)3)24(26(29)32)28-13-11-27(12-14-28)15-16-30/h5-10,17,30H,4,11-16H2,1-3H3. The van der Waals surface area contributed by atoms with E-state index < -0.39 is 0 Å². The Morgan fingerprint density at radius 2 is 1.64 bits per heavy atom. The van der Waals surface area contributed by atoms with Gasteiger partial charge in [0.25, 0.3) is 11.8 Å². The van der Waals surface area contributed by atoms with Crippen molar-refractivity contribution in [3.63, 3.8) is 0 Å². The second-order valence-corrected chi connectivity index (χ2v) is 8.47. The molecule has 33 heavy (non-hydrogen) atoms. The van der Waals surface area contributed by atoms with Crippen LogP contribution in [0.1, 0.15) is 23.6 Å². The summed E-state index contributed by atoms with van der Waals surface area (Å²) < 4.78 is 5.51. The van der Waals surface area contributed by atoms with Crippen LogP contribution in [0.15, 0.2) is 48.2 Å². The van der Waals surface area contributed by atoms with E-state index in [-0.39, 0.29) is 18.4 Å². The number of carbonyl (C=O) groups is 2. The first-order valence-electron chi connectivity index (χ1n) is 11.5. The number of imide groups is 1. The van der Waals surface area contributed by atoms with Gasteiger partial charge < -0.3 is 14.7 Å². The van der Waals surface area contributed by atoms with Gasteiger partial charge in [-0.25, -0.2) is 4.90 Å². The molecule has 2 heterocycles. The average molecular weight is 450 g/mol. The van der Waals surface area contributed by atoms with Gasteiger partial charge in [-0.05, 0) is 56.2 Å². The molecule has 1 saturated heterocycles. The number of piperazine rings is 1. The van der Waals surface area contributed by atoms with Gasteiger partial charge in [0.1, 0.15) is 11.4 Å². The smallest absolute Gasteiger partial charge is 0.282 e. The van der Waals surface area contributed by atoms with Crippen molar-refractivity contribution in [1.82, 2.24) is 9.80 Å². The normalized spacial score (nSPS) is 17.3. The van der Waals surface area contributed by atoms with Crippen molar-refractivity contribution in [2.45, 2.75) is 20.8 Å². The van der Waals surface area contributed by atoms with Crippen molar-refractivity contribution >= 4 is 23.1 Å². The molecule has 2 aliphatic heterocycles. The Bertz CT molecular complexity index is 1070. The maximum absolute atomic E-state index is 13.7. The summed E-state index contributed by atoms with van der Waals surface area (Å²) in [7, 11) is 0. The number of β-amino-alcohol motifs (C(OH)–C–C–N with tert-alkyl or cyclic N) is 1. The molecule has 2 aliphatic rings. The van der Waals surface area contributed by atoms with E-state index in [2.05, 4.69) is 4.90 Å². The first-order valence-corrected chi connectivity index (χ1v) is 11.5. The maximum Gasteiger partial charge on any atom is 0.282 e. The lowest BCUT2D eigenvalue weighted by molar-refractivity contribution is -0.120. The molecule has 0 aromatic heterocycles. The lowest BCUT2D eigenvalue weighted by atomic mass is 9.97. The number of nitrogens with zero attached hydrogens (tertiary/aromatic N) is 3. The number of aliphatic hydroxyl groups excluding tert-OH is 1. The van der Waals surface area contributed by atoms with Crippen LogP contribution in [0, 0.1) is 13.8 Å². The van der Waals surface area contributed by atoms with Gasteiger partial charge >= 0.3 is 0 Å². The molecule has 4 rings (SSSR count). The third-order valence-corrected chi connectivity index (χ3v) is 6.22. The van der Waals surface area contributed by atoms with Crippen molar-refractivity contribution in [2.24, 2.45) is 0 Å². The molecular formula is C26H31N3O4. The Kier molecular flexibility index (Phi) is 6.81. The van der Waals surface area contributed by atoms with E-state index in [0.29, 0.717) is 48.9 Å². The fourth-order valence-electron chi connectivity index (χ4n) is 4.58. The second-order valence-electron chi connectivity index (χ2n) is 8.47. The van der Waals surface area contributed by atoms with Crippen LogP contribution in [-0.4, -0.2) is 72.7 Å². The summed E-state index contributed by atoms with van der Waals surface area (Å²) in [6, 6.07) is 13.0. The summed E-state index contributed by atoms with van der Waals surface area (Å²) in [5.74, 6) is 0.0989. The molecule has 0 bridgehead atoms. The first-order chi connectivity index (χ1) is 15.9. The molecule has 7 heteroatoms. The molecule has 7 nitrogen and oxygen atoms in total. The van der Waals surface area contributed by atoms with Gasteiger partial charge in [0, 0.05) is 32.7 Å². The predicted molar refractivity (Wildman–Crippen MR) is 128 cm³/mol. The Labute approximate surface area is 194 Å². The van der Waals surface area contributed by atoms with Gasteiger partial charge in [-0.2, -0.15) is 0 Å². The van der Waals surface area contributed by atoms with Crippen LogP contribution in [0.4, 0.5) is 5.69 Å².